The number of esters is 1. The number of hydrogen-bond acceptors (Lipinski definition) is 4. The van der Waals surface area contributed by atoms with Gasteiger partial charge in [-0.1, -0.05) is 56.1 Å². The number of rotatable bonds is 7. The summed E-state index contributed by atoms with van der Waals surface area (Å²) in [4.78, 5) is 15.9. The highest BCUT2D eigenvalue weighted by atomic mass is 79.9. The lowest BCUT2D eigenvalue weighted by molar-refractivity contribution is -0.139. The van der Waals surface area contributed by atoms with Gasteiger partial charge in [-0.25, -0.2) is 13.6 Å². The van der Waals surface area contributed by atoms with Crippen LogP contribution in [-0.4, -0.2) is 12.6 Å². The van der Waals surface area contributed by atoms with E-state index in [2.05, 4.69) is 42.1 Å². The van der Waals surface area contributed by atoms with Crippen molar-refractivity contribution in [3.63, 3.8) is 0 Å². The first-order chi connectivity index (χ1) is 19.3. The number of nitrogens with one attached hydrogen (secondary N) is 1. The number of carbonyl (C=O) groups excluding carboxylic acids is 1. The Bertz CT molecular complexity index is 1510. The molecular weight excluding hydrogens is 642 g/mol. The van der Waals surface area contributed by atoms with Gasteiger partial charge in [0.05, 0.1) is 24.3 Å². The number of nitrogens with zero attached hydrogens (tertiary/aromatic N) is 1. The van der Waals surface area contributed by atoms with Gasteiger partial charge in [-0.05, 0) is 90.8 Å². The minimum absolute atomic E-state index is 0.200. The first-order valence-corrected chi connectivity index (χ1v) is 14.4. The van der Waals surface area contributed by atoms with E-state index in [4.69, 9.17) is 4.74 Å². The van der Waals surface area contributed by atoms with E-state index in [0.717, 1.165) is 25.8 Å². The highest BCUT2D eigenvalue weighted by Gasteiger charge is 2.41. The normalized spacial score (nSPS) is 17.1. The zero-order valence-corrected chi connectivity index (χ0v) is 24.8. The zero-order valence-electron chi connectivity index (χ0n) is 21.6. The number of benzene rings is 4. The molecule has 0 bridgehead atoms. The van der Waals surface area contributed by atoms with Crippen LogP contribution in [0.5, 0.6) is 0 Å². The summed E-state index contributed by atoms with van der Waals surface area (Å²) in [6.45, 7) is 1.97. The van der Waals surface area contributed by atoms with Crippen LogP contribution >= 0.6 is 31.9 Å². The zero-order chi connectivity index (χ0) is 28.2. The molecule has 8 heteroatoms. The van der Waals surface area contributed by atoms with Gasteiger partial charge in [-0.2, -0.15) is 0 Å². The largest absolute Gasteiger partial charge is 0.463 e. The van der Waals surface area contributed by atoms with E-state index in [-0.39, 0.29) is 24.3 Å². The highest BCUT2D eigenvalue weighted by Crippen LogP contribution is 2.48. The maximum atomic E-state index is 14.1. The molecule has 0 aliphatic carbocycles. The van der Waals surface area contributed by atoms with Crippen LogP contribution in [0.3, 0.4) is 0 Å². The number of ether oxygens (including phenoxy) is 1. The second-order valence-corrected chi connectivity index (χ2v) is 11.2. The summed E-state index contributed by atoms with van der Waals surface area (Å²) < 4.78 is 35.2. The average Bonchev–Trinajstić information content (AvgIpc) is 2.95. The fourth-order valence-electron chi connectivity index (χ4n) is 5.03. The fourth-order valence-corrected chi connectivity index (χ4v) is 5.56. The fraction of sp³-hybridized carbons (Fsp3) is 0.156. The van der Waals surface area contributed by atoms with E-state index in [9.17, 15) is 13.6 Å². The standard InChI is InChI=1S/C32H26Br2F2N2O2/c1-2-40-32(39)30-28(37-26-15-11-24(35)12-16-26)19-29(20-3-7-22(33)8-4-20)38(27-17-13-25(36)14-18-27)31(30)21-5-9-23(34)10-6-21/h3-18,29,31,37H,2,19H2,1H3. The van der Waals surface area contributed by atoms with Gasteiger partial charge in [0.2, 0.25) is 0 Å². The molecule has 0 spiro atoms. The van der Waals surface area contributed by atoms with Crippen LogP contribution < -0.4 is 10.2 Å². The van der Waals surface area contributed by atoms with Gasteiger partial charge in [0.25, 0.3) is 0 Å². The number of anilines is 2. The molecule has 0 saturated heterocycles. The summed E-state index contributed by atoms with van der Waals surface area (Å²) in [7, 11) is 0. The second-order valence-electron chi connectivity index (χ2n) is 9.35. The third-order valence-electron chi connectivity index (χ3n) is 6.81. The van der Waals surface area contributed by atoms with Crippen LogP contribution in [0.4, 0.5) is 20.2 Å². The van der Waals surface area contributed by atoms with E-state index in [1.165, 1.54) is 24.3 Å². The van der Waals surface area contributed by atoms with Gasteiger partial charge in [0.15, 0.2) is 0 Å². The van der Waals surface area contributed by atoms with Gasteiger partial charge in [0.1, 0.15) is 11.6 Å². The summed E-state index contributed by atoms with van der Waals surface area (Å²) in [6.07, 6.45) is 0.414. The van der Waals surface area contributed by atoms with Crippen molar-refractivity contribution in [3.05, 3.63) is 140 Å². The molecule has 0 amide bonds. The minimum Gasteiger partial charge on any atom is -0.463 e. The van der Waals surface area contributed by atoms with Crippen LogP contribution in [0.25, 0.3) is 0 Å². The van der Waals surface area contributed by atoms with E-state index in [1.807, 2.05) is 48.5 Å². The molecule has 4 aromatic carbocycles. The highest BCUT2D eigenvalue weighted by molar-refractivity contribution is 9.10. The molecule has 5 rings (SSSR count). The predicted octanol–water partition coefficient (Wildman–Crippen LogP) is 9.11. The molecule has 2 atom stereocenters. The molecule has 2 unspecified atom stereocenters. The van der Waals surface area contributed by atoms with Crippen molar-refractivity contribution in [1.29, 1.82) is 0 Å². The lowest BCUT2D eigenvalue weighted by Crippen LogP contribution is -2.41. The predicted molar refractivity (Wildman–Crippen MR) is 161 cm³/mol. The van der Waals surface area contributed by atoms with Gasteiger partial charge in [0, 0.05) is 32.4 Å². The Kier molecular flexibility index (Phi) is 8.66. The topological polar surface area (TPSA) is 41.6 Å². The molecule has 1 aliphatic heterocycles. The molecule has 0 fully saturated rings. The third-order valence-corrected chi connectivity index (χ3v) is 7.87. The smallest absolute Gasteiger partial charge is 0.338 e. The average molecular weight is 668 g/mol. The first-order valence-electron chi connectivity index (χ1n) is 12.8. The lowest BCUT2D eigenvalue weighted by Gasteiger charge is -2.46. The molecule has 0 saturated carbocycles. The van der Waals surface area contributed by atoms with Crippen molar-refractivity contribution in [2.45, 2.75) is 25.4 Å². The van der Waals surface area contributed by atoms with Gasteiger partial charge in [-0.15, -0.1) is 0 Å². The van der Waals surface area contributed by atoms with Crippen LogP contribution in [0, 0.1) is 11.6 Å². The third kappa shape index (κ3) is 6.13. The molecule has 4 nitrogen and oxygen atoms in total. The van der Waals surface area contributed by atoms with Crippen LogP contribution in [-0.2, 0) is 9.53 Å². The minimum atomic E-state index is -0.581. The van der Waals surface area contributed by atoms with Crippen molar-refractivity contribution < 1.29 is 18.3 Å². The Morgan fingerprint density at radius 3 is 1.90 bits per heavy atom. The summed E-state index contributed by atoms with van der Waals surface area (Å²) in [6, 6.07) is 27.3. The monoisotopic (exact) mass is 666 g/mol. The number of carbonyl (C=O) groups is 1. The maximum Gasteiger partial charge on any atom is 0.338 e. The van der Waals surface area contributed by atoms with Crippen molar-refractivity contribution >= 4 is 49.2 Å². The number of hydrogen-bond donors (Lipinski definition) is 1. The van der Waals surface area contributed by atoms with Gasteiger partial charge >= 0.3 is 5.97 Å². The van der Waals surface area contributed by atoms with Crippen LogP contribution in [0.2, 0.25) is 0 Å². The number of halogens is 4. The molecule has 1 heterocycles. The molecular formula is C32H26Br2F2N2O2. The molecule has 4 aromatic rings. The molecule has 1 aliphatic rings. The van der Waals surface area contributed by atoms with Gasteiger partial charge in [-0.3, -0.25) is 0 Å². The summed E-state index contributed by atoms with van der Waals surface area (Å²) in [5, 5.41) is 3.41. The molecule has 0 radical (unpaired) electrons. The Hall–Kier alpha value is -3.49. The Morgan fingerprint density at radius 2 is 1.35 bits per heavy atom. The first kappa shape index (κ1) is 28.1. The second kappa shape index (κ2) is 12.4. The van der Waals surface area contributed by atoms with E-state index in [1.54, 1.807) is 31.2 Å². The van der Waals surface area contributed by atoms with E-state index >= 15 is 0 Å². The maximum absolute atomic E-state index is 14.1. The van der Waals surface area contributed by atoms with Crippen LogP contribution in [0.15, 0.2) is 117 Å². The van der Waals surface area contributed by atoms with Gasteiger partial charge < -0.3 is 15.0 Å². The molecule has 0 aromatic heterocycles. The molecule has 204 valence electrons. The van der Waals surface area contributed by atoms with E-state index in [0.29, 0.717) is 23.4 Å². The van der Waals surface area contributed by atoms with E-state index < -0.39 is 12.0 Å². The molecule has 40 heavy (non-hydrogen) atoms. The summed E-state index contributed by atoms with van der Waals surface area (Å²) >= 11 is 7.04. The van der Waals surface area contributed by atoms with Crippen molar-refractivity contribution in [2.75, 3.05) is 16.8 Å². The lowest BCUT2D eigenvalue weighted by atomic mass is 9.84. The Balaban J connectivity index is 1.77. The van der Waals surface area contributed by atoms with Crippen molar-refractivity contribution in [2.24, 2.45) is 0 Å². The van der Waals surface area contributed by atoms with Crippen LogP contribution in [0.1, 0.15) is 36.6 Å². The van der Waals surface area contributed by atoms with Crippen molar-refractivity contribution in [3.8, 4) is 0 Å². The summed E-state index contributed by atoms with van der Waals surface area (Å²) in [5.41, 5.74) is 4.38. The quantitative estimate of drug-likeness (QED) is 0.200. The Morgan fingerprint density at radius 1 is 0.825 bits per heavy atom. The van der Waals surface area contributed by atoms with Crippen molar-refractivity contribution in [1.82, 2.24) is 0 Å². The summed E-state index contributed by atoms with van der Waals surface area (Å²) in [5.74, 6) is -1.15. The molecule has 1 N–H and O–H groups in total. The Labute approximate surface area is 248 Å². The SMILES string of the molecule is CCOC(=O)C1=C(Nc2ccc(F)cc2)CC(c2ccc(Br)cc2)N(c2ccc(F)cc2)C1c1ccc(Br)cc1.